The molecule has 1 N–H and O–H groups in total. The van der Waals surface area contributed by atoms with Crippen LogP contribution in [0.4, 0.5) is 0 Å². The molecule has 154 valence electrons. The number of sulfonamides is 1. The maximum Gasteiger partial charge on any atom is 0.243 e. The number of nitriles is 1. The van der Waals surface area contributed by atoms with Crippen molar-refractivity contribution in [1.29, 1.82) is 5.26 Å². The summed E-state index contributed by atoms with van der Waals surface area (Å²) in [6.45, 7) is 1.04. The van der Waals surface area contributed by atoms with Gasteiger partial charge in [0.25, 0.3) is 0 Å². The lowest BCUT2D eigenvalue weighted by atomic mass is 9.98. The van der Waals surface area contributed by atoms with E-state index in [9.17, 15) is 18.5 Å². The lowest BCUT2D eigenvalue weighted by Gasteiger charge is -2.20. The van der Waals surface area contributed by atoms with Gasteiger partial charge in [0.15, 0.2) is 11.7 Å². The fraction of sp³-hybridized carbons (Fsp3) is 0.318. The minimum atomic E-state index is -3.58. The molecule has 2 heterocycles. The fourth-order valence-electron chi connectivity index (χ4n) is 3.74. The SMILES string of the molecule is N#C[C@H](C(=O)c1ccc(S(=O)(=O)N2CCCCCC2)cc1)c1nc2ccccc2[nH]1. The van der Waals surface area contributed by atoms with Gasteiger partial charge in [-0.25, -0.2) is 13.4 Å². The van der Waals surface area contributed by atoms with Gasteiger partial charge in [-0.15, -0.1) is 0 Å². The third kappa shape index (κ3) is 3.86. The number of aromatic amines is 1. The Kier molecular flexibility index (Phi) is 5.66. The summed E-state index contributed by atoms with van der Waals surface area (Å²) < 4.78 is 27.3. The van der Waals surface area contributed by atoms with Crippen molar-refractivity contribution in [2.75, 3.05) is 13.1 Å². The molecule has 1 aliphatic heterocycles. The highest BCUT2D eigenvalue weighted by Crippen LogP contribution is 2.24. The van der Waals surface area contributed by atoms with Crippen LogP contribution in [0.2, 0.25) is 0 Å². The van der Waals surface area contributed by atoms with E-state index in [-0.39, 0.29) is 16.3 Å². The van der Waals surface area contributed by atoms with Crippen LogP contribution in [0.3, 0.4) is 0 Å². The van der Waals surface area contributed by atoms with Crippen LogP contribution in [0.25, 0.3) is 11.0 Å². The number of benzene rings is 2. The van der Waals surface area contributed by atoms with Gasteiger partial charge in [-0.1, -0.05) is 37.1 Å². The number of ketones is 1. The van der Waals surface area contributed by atoms with Gasteiger partial charge in [-0.3, -0.25) is 4.79 Å². The molecule has 3 aromatic rings. The monoisotopic (exact) mass is 422 g/mol. The standard InChI is InChI=1S/C22H22N4O3S/c23-15-18(22-24-19-7-3-4-8-20(19)25-22)21(27)16-9-11-17(12-10-16)30(28,29)26-13-5-1-2-6-14-26/h3-4,7-12,18H,1-2,5-6,13-14H2,(H,24,25)/t18-/m1/s1. The number of Topliss-reactive ketones (excluding diaryl/α,β-unsaturated/α-hetero) is 1. The molecule has 0 amide bonds. The molecule has 0 radical (unpaired) electrons. The van der Waals surface area contributed by atoms with Crippen molar-refractivity contribution in [1.82, 2.24) is 14.3 Å². The Balaban J connectivity index is 1.58. The van der Waals surface area contributed by atoms with Crippen molar-refractivity contribution < 1.29 is 13.2 Å². The molecule has 1 fully saturated rings. The van der Waals surface area contributed by atoms with E-state index < -0.39 is 21.7 Å². The number of H-pyrrole nitrogens is 1. The van der Waals surface area contributed by atoms with Crippen LogP contribution in [-0.2, 0) is 10.0 Å². The quantitative estimate of drug-likeness (QED) is 0.632. The van der Waals surface area contributed by atoms with E-state index in [2.05, 4.69) is 9.97 Å². The number of nitrogens with zero attached hydrogens (tertiary/aromatic N) is 3. The summed E-state index contributed by atoms with van der Waals surface area (Å²) in [5.74, 6) is -1.23. The minimum absolute atomic E-state index is 0.165. The van der Waals surface area contributed by atoms with E-state index in [1.54, 1.807) is 6.07 Å². The summed E-state index contributed by atoms with van der Waals surface area (Å²) >= 11 is 0. The van der Waals surface area contributed by atoms with E-state index in [0.717, 1.165) is 31.2 Å². The highest BCUT2D eigenvalue weighted by molar-refractivity contribution is 7.89. The third-order valence-corrected chi connectivity index (χ3v) is 7.33. The van der Waals surface area contributed by atoms with Crippen LogP contribution in [0.5, 0.6) is 0 Å². The number of rotatable bonds is 5. The van der Waals surface area contributed by atoms with Gasteiger partial charge in [-0.2, -0.15) is 9.57 Å². The predicted octanol–water partition coefficient (Wildman–Crippen LogP) is 3.62. The average Bonchev–Trinajstić information content (AvgIpc) is 2.98. The van der Waals surface area contributed by atoms with E-state index >= 15 is 0 Å². The number of fused-ring (bicyclic) bond motifs is 1. The van der Waals surface area contributed by atoms with Crippen LogP contribution in [0.1, 0.15) is 47.8 Å². The molecule has 1 atom stereocenters. The summed E-state index contributed by atoms with van der Waals surface area (Å²) in [6, 6.07) is 15.2. The summed E-state index contributed by atoms with van der Waals surface area (Å²) in [6.07, 6.45) is 3.79. The summed E-state index contributed by atoms with van der Waals surface area (Å²) in [7, 11) is -3.58. The molecule has 2 aromatic carbocycles. The van der Waals surface area contributed by atoms with Gasteiger partial charge in [0.1, 0.15) is 5.82 Å². The zero-order chi connectivity index (χ0) is 21.1. The summed E-state index contributed by atoms with van der Waals surface area (Å²) in [4.78, 5) is 20.5. The lowest BCUT2D eigenvalue weighted by molar-refractivity contribution is 0.0976. The van der Waals surface area contributed by atoms with E-state index in [0.29, 0.717) is 18.6 Å². The zero-order valence-electron chi connectivity index (χ0n) is 16.4. The molecule has 4 rings (SSSR count). The Bertz CT molecular complexity index is 1170. The van der Waals surface area contributed by atoms with Crippen LogP contribution in [0, 0.1) is 11.3 Å². The Morgan fingerprint density at radius 1 is 1.03 bits per heavy atom. The molecular formula is C22H22N4O3S. The van der Waals surface area contributed by atoms with Gasteiger partial charge in [0, 0.05) is 18.7 Å². The van der Waals surface area contributed by atoms with Crippen LogP contribution in [0.15, 0.2) is 53.4 Å². The Morgan fingerprint density at radius 3 is 2.33 bits per heavy atom. The first-order chi connectivity index (χ1) is 14.5. The van der Waals surface area contributed by atoms with E-state index in [1.807, 2.05) is 24.3 Å². The summed E-state index contributed by atoms with van der Waals surface area (Å²) in [5.41, 5.74) is 1.70. The lowest BCUT2D eigenvalue weighted by Crippen LogP contribution is -2.31. The van der Waals surface area contributed by atoms with Crippen molar-refractivity contribution >= 4 is 26.8 Å². The molecule has 0 spiro atoms. The normalized spacial score (nSPS) is 16.6. The molecule has 0 bridgehead atoms. The zero-order valence-corrected chi connectivity index (χ0v) is 17.2. The maximum absolute atomic E-state index is 12.9. The van der Waals surface area contributed by atoms with Crippen molar-refractivity contribution in [3.63, 3.8) is 0 Å². The molecule has 1 aromatic heterocycles. The second-order valence-corrected chi connectivity index (χ2v) is 9.35. The van der Waals surface area contributed by atoms with Crippen LogP contribution in [-0.4, -0.2) is 41.6 Å². The average molecular weight is 423 g/mol. The van der Waals surface area contributed by atoms with Crippen molar-refractivity contribution in [2.24, 2.45) is 0 Å². The van der Waals surface area contributed by atoms with Crippen LogP contribution >= 0.6 is 0 Å². The van der Waals surface area contributed by atoms with Crippen molar-refractivity contribution in [3.8, 4) is 6.07 Å². The Hall–Kier alpha value is -3.02. The maximum atomic E-state index is 12.9. The number of nitrogens with one attached hydrogen (secondary N) is 1. The van der Waals surface area contributed by atoms with Gasteiger partial charge >= 0.3 is 0 Å². The molecule has 0 saturated carbocycles. The largest absolute Gasteiger partial charge is 0.340 e. The Morgan fingerprint density at radius 2 is 1.70 bits per heavy atom. The van der Waals surface area contributed by atoms with Crippen molar-refractivity contribution in [2.45, 2.75) is 36.5 Å². The molecule has 7 nitrogen and oxygen atoms in total. The fourth-order valence-corrected chi connectivity index (χ4v) is 5.26. The molecule has 0 unspecified atom stereocenters. The van der Waals surface area contributed by atoms with E-state index in [1.165, 1.54) is 28.6 Å². The summed E-state index contributed by atoms with van der Waals surface area (Å²) in [5, 5.41) is 9.58. The highest BCUT2D eigenvalue weighted by atomic mass is 32.2. The highest BCUT2D eigenvalue weighted by Gasteiger charge is 2.28. The second-order valence-electron chi connectivity index (χ2n) is 7.41. The van der Waals surface area contributed by atoms with Crippen LogP contribution < -0.4 is 0 Å². The molecule has 30 heavy (non-hydrogen) atoms. The first-order valence-electron chi connectivity index (χ1n) is 9.99. The number of carbonyl (C=O) groups excluding carboxylic acids is 1. The predicted molar refractivity (Wildman–Crippen MR) is 112 cm³/mol. The van der Waals surface area contributed by atoms with Crippen molar-refractivity contribution in [3.05, 3.63) is 59.9 Å². The third-order valence-electron chi connectivity index (χ3n) is 5.41. The number of hydrogen-bond acceptors (Lipinski definition) is 5. The number of aromatic nitrogens is 2. The molecular weight excluding hydrogens is 400 g/mol. The van der Waals surface area contributed by atoms with E-state index in [4.69, 9.17) is 0 Å². The second kappa shape index (κ2) is 8.38. The minimum Gasteiger partial charge on any atom is -0.340 e. The smallest absolute Gasteiger partial charge is 0.243 e. The topological polar surface area (TPSA) is 107 Å². The number of para-hydroxylation sites is 2. The molecule has 1 aliphatic rings. The van der Waals surface area contributed by atoms with Gasteiger partial charge in [-0.05, 0) is 37.1 Å². The number of carbonyl (C=O) groups is 1. The van der Waals surface area contributed by atoms with Gasteiger partial charge in [0.2, 0.25) is 10.0 Å². The number of imidazole rings is 1. The van der Waals surface area contributed by atoms with Gasteiger partial charge in [0.05, 0.1) is 22.0 Å². The number of hydrogen-bond donors (Lipinski definition) is 1. The van der Waals surface area contributed by atoms with Gasteiger partial charge < -0.3 is 4.98 Å². The first kappa shape index (κ1) is 20.3. The molecule has 8 heteroatoms. The Labute approximate surface area is 175 Å². The molecule has 0 aliphatic carbocycles. The molecule has 1 saturated heterocycles. The first-order valence-corrected chi connectivity index (χ1v) is 11.4.